The number of pyridine rings is 1. The van der Waals surface area contributed by atoms with Crippen molar-refractivity contribution in [3.05, 3.63) is 65.0 Å². The number of fused-ring (bicyclic) bond motifs is 2. The van der Waals surface area contributed by atoms with Crippen molar-refractivity contribution < 1.29 is 19.2 Å². The lowest BCUT2D eigenvalue weighted by atomic mass is 9.98. The third-order valence-corrected chi connectivity index (χ3v) is 7.58. The van der Waals surface area contributed by atoms with E-state index in [1.165, 1.54) is 11.8 Å². The van der Waals surface area contributed by atoms with E-state index >= 15 is 0 Å². The largest absolute Gasteiger partial charge is 0.478 e. The van der Waals surface area contributed by atoms with Gasteiger partial charge in [-0.1, -0.05) is 29.4 Å². The number of ether oxygens (including phenoxy) is 1. The Bertz CT molecular complexity index is 1190. The van der Waals surface area contributed by atoms with E-state index in [9.17, 15) is 4.79 Å². The quantitative estimate of drug-likeness (QED) is 0.510. The molecule has 3 aromatic rings. The van der Waals surface area contributed by atoms with Crippen molar-refractivity contribution in [3.8, 4) is 11.3 Å². The summed E-state index contributed by atoms with van der Waals surface area (Å²) in [5.41, 5.74) is 4.55. The monoisotopic (exact) mass is 459 g/mol. The number of hydrogen-bond donors (Lipinski definition) is 1. The molecular weight excluding hydrogens is 430 g/mol. The zero-order valence-corrected chi connectivity index (χ0v) is 19.3. The summed E-state index contributed by atoms with van der Waals surface area (Å²) in [5.74, 6) is 1.40. The van der Waals surface area contributed by atoms with Crippen molar-refractivity contribution in [3.63, 3.8) is 0 Å². The fraction of sp³-hybridized carbons (Fsp3) is 0.444. The van der Waals surface area contributed by atoms with Crippen LogP contribution in [0.4, 0.5) is 5.82 Å². The Hall–Kier alpha value is -3.19. The van der Waals surface area contributed by atoms with Gasteiger partial charge in [0.15, 0.2) is 0 Å². The van der Waals surface area contributed by atoms with E-state index < -0.39 is 5.97 Å². The van der Waals surface area contributed by atoms with E-state index in [2.05, 4.69) is 34.1 Å². The highest BCUT2D eigenvalue weighted by Crippen LogP contribution is 2.45. The number of benzene rings is 1. The van der Waals surface area contributed by atoms with Gasteiger partial charge in [-0.3, -0.25) is 0 Å². The molecule has 0 unspecified atom stereocenters. The van der Waals surface area contributed by atoms with Crippen molar-refractivity contribution in [1.82, 2.24) is 10.1 Å². The van der Waals surface area contributed by atoms with E-state index in [0.29, 0.717) is 24.6 Å². The molecule has 0 amide bonds. The molecule has 2 bridgehead atoms. The number of hydrogen-bond acceptors (Lipinski definition) is 6. The maximum atomic E-state index is 11.2. The summed E-state index contributed by atoms with van der Waals surface area (Å²) in [7, 11) is 0. The van der Waals surface area contributed by atoms with Gasteiger partial charge in [-0.15, -0.1) is 0 Å². The molecule has 1 aromatic carbocycles. The van der Waals surface area contributed by atoms with Gasteiger partial charge in [0.1, 0.15) is 17.3 Å². The van der Waals surface area contributed by atoms with Crippen LogP contribution in [-0.4, -0.2) is 39.4 Å². The lowest BCUT2D eigenvalue weighted by Gasteiger charge is -2.39. The minimum absolute atomic E-state index is 0.179. The fourth-order valence-electron chi connectivity index (χ4n) is 5.68. The number of carboxylic acid groups (broad SMARTS) is 1. The fourth-order valence-corrected chi connectivity index (χ4v) is 5.68. The molecule has 4 heterocycles. The van der Waals surface area contributed by atoms with Crippen LogP contribution in [0.25, 0.3) is 11.3 Å². The highest BCUT2D eigenvalue weighted by Gasteiger charge is 2.42. The summed E-state index contributed by atoms with van der Waals surface area (Å²) in [6.45, 7) is 2.63. The summed E-state index contributed by atoms with van der Waals surface area (Å²) < 4.78 is 12.4. The maximum absolute atomic E-state index is 11.2. The molecule has 1 saturated carbocycles. The zero-order chi connectivity index (χ0) is 23.2. The molecule has 34 heavy (non-hydrogen) atoms. The van der Waals surface area contributed by atoms with Crippen LogP contribution in [0, 0.1) is 6.92 Å². The molecule has 3 atom stereocenters. The lowest BCUT2D eigenvalue weighted by molar-refractivity contribution is 0.0146. The van der Waals surface area contributed by atoms with Crippen LogP contribution in [0.1, 0.15) is 71.7 Å². The van der Waals surface area contributed by atoms with E-state index in [1.54, 1.807) is 6.07 Å². The molecule has 7 nitrogen and oxygen atoms in total. The van der Waals surface area contributed by atoms with Crippen molar-refractivity contribution in [1.29, 1.82) is 0 Å². The Morgan fingerprint density at radius 1 is 1.12 bits per heavy atom. The minimum atomic E-state index is -0.946. The standard InChI is InChI=1S/C27H29N3O4/c1-16-4-2-3-5-22(16)25-23(26(34-29-25)17-6-7-17)15-33-21-12-19-9-10-20(13-21)30(19)24-11-8-18(14-28-24)27(31)32/h2-5,8,11,14,17,19-21H,6-7,9-10,12-13,15H2,1H3,(H,31,32)/t19-,20+,21-. The number of aryl methyl sites for hydroxylation is 1. The summed E-state index contributed by atoms with van der Waals surface area (Å²) in [6.07, 6.45) is 8.07. The van der Waals surface area contributed by atoms with Crippen molar-refractivity contribution >= 4 is 11.8 Å². The van der Waals surface area contributed by atoms with Crippen molar-refractivity contribution in [2.24, 2.45) is 0 Å². The number of rotatable bonds is 7. The summed E-state index contributed by atoms with van der Waals surface area (Å²) >= 11 is 0. The second-order valence-electron chi connectivity index (χ2n) is 9.87. The maximum Gasteiger partial charge on any atom is 0.337 e. The first-order valence-corrected chi connectivity index (χ1v) is 12.2. The smallest absolute Gasteiger partial charge is 0.337 e. The molecule has 0 spiro atoms. The Labute approximate surface area is 198 Å². The number of carboxylic acids is 1. The molecule has 1 N–H and O–H groups in total. The minimum Gasteiger partial charge on any atom is -0.478 e. The van der Waals surface area contributed by atoms with Crippen molar-refractivity contribution in [2.75, 3.05) is 4.90 Å². The second kappa shape index (κ2) is 8.55. The molecule has 2 saturated heterocycles. The summed E-state index contributed by atoms with van der Waals surface area (Å²) in [5, 5.41) is 13.6. The van der Waals surface area contributed by atoms with Gasteiger partial charge in [-0.05, 0) is 63.1 Å². The van der Waals surface area contributed by atoms with E-state index in [-0.39, 0.29) is 11.7 Å². The number of carbonyl (C=O) groups is 1. The van der Waals surface area contributed by atoms with Gasteiger partial charge in [-0.2, -0.15) is 0 Å². The van der Waals surface area contributed by atoms with Gasteiger partial charge in [-0.25, -0.2) is 9.78 Å². The summed E-state index contributed by atoms with van der Waals surface area (Å²) in [6, 6.07) is 12.5. The van der Waals surface area contributed by atoms with Crippen LogP contribution in [0.15, 0.2) is 47.1 Å². The number of aromatic carboxylic acids is 1. The van der Waals surface area contributed by atoms with Crippen LogP contribution in [0.2, 0.25) is 0 Å². The summed E-state index contributed by atoms with van der Waals surface area (Å²) in [4.78, 5) is 18.0. The van der Waals surface area contributed by atoms with Crippen LogP contribution < -0.4 is 4.90 Å². The first-order valence-electron chi connectivity index (χ1n) is 12.2. The predicted octanol–water partition coefficient (Wildman–Crippen LogP) is 5.34. The van der Waals surface area contributed by atoms with E-state index in [0.717, 1.165) is 66.9 Å². The molecule has 0 radical (unpaired) electrons. The molecule has 2 aromatic heterocycles. The van der Waals surface area contributed by atoms with Gasteiger partial charge >= 0.3 is 5.97 Å². The molecule has 3 fully saturated rings. The van der Waals surface area contributed by atoms with E-state index in [1.807, 2.05) is 18.2 Å². The molecule has 3 aliphatic rings. The van der Waals surface area contributed by atoms with Gasteiger partial charge in [0.05, 0.1) is 18.3 Å². The van der Waals surface area contributed by atoms with E-state index in [4.69, 9.17) is 14.4 Å². The normalized spacial score (nSPS) is 23.9. The zero-order valence-electron chi connectivity index (χ0n) is 19.3. The first kappa shape index (κ1) is 21.4. The van der Waals surface area contributed by atoms with Crippen molar-refractivity contribution in [2.45, 2.75) is 76.2 Å². The number of nitrogens with zero attached hydrogens (tertiary/aromatic N) is 3. The molecule has 1 aliphatic carbocycles. The van der Waals surface area contributed by atoms with Crippen LogP contribution in [-0.2, 0) is 11.3 Å². The number of piperidine rings is 1. The molecule has 2 aliphatic heterocycles. The molecule has 176 valence electrons. The Morgan fingerprint density at radius 2 is 1.88 bits per heavy atom. The first-order chi connectivity index (χ1) is 16.6. The van der Waals surface area contributed by atoms with Gasteiger partial charge in [0, 0.05) is 35.3 Å². The Morgan fingerprint density at radius 3 is 2.53 bits per heavy atom. The van der Waals surface area contributed by atoms with Crippen LogP contribution >= 0.6 is 0 Å². The topological polar surface area (TPSA) is 88.7 Å². The molecular formula is C27H29N3O4. The SMILES string of the molecule is Cc1ccccc1-c1noc(C2CC2)c1CO[C@@H]1C[C@H]2CC[C@@H](C1)N2c1ccc(C(=O)O)cn1. The average molecular weight is 460 g/mol. The second-order valence-corrected chi connectivity index (χ2v) is 9.87. The number of anilines is 1. The van der Waals surface area contributed by atoms with Gasteiger partial charge in [0.2, 0.25) is 0 Å². The highest BCUT2D eigenvalue weighted by molar-refractivity contribution is 5.87. The average Bonchev–Trinajstić information content (AvgIpc) is 3.55. The van der Waals surface area contributed by atoms with Crippen LogP contribution in [0.5, 0.6) is 0 Å². The highest BCUT2D eigenvalue weighted by atomic mass is 16.5. The van der Waals surface area contributed by atoms with Crippen LogP contribution in [0.3, 0.4) is 0 Å². The van der Waals surface area contributed by atoms with Gasteiger partial charge in [0.25, 0.3) is 0 Å². The Kier molecular flexibility index (Phi) is 5.37. The third-order valence-electron chi connectivity index (χ3n) is 7.58. The lowest BCUT2D eigenvalue weighted by Crippen LogP contribution is -2.46. The predicted molar refractivity (Wildman–Crippen MR) is 127 cm³/mol. The molecule has 6 rings (SSSR count). The molecule has 7 heteroatoms. The number of aromatic nitrogens is 2. The Balaban J connectivity index is 1.18. The third kappa shape index (κ3) is 3.88. The van der Waals surface area contributed by atoms with Gasteiger partial charge < -0.3 is 19.3 Å².